The lowest BCUT2D eigenvalue weighted by Crippen LogP contribution is -2.00. The van der Waals surface area contributed by atoms with Crippen molar-refractivity contribution in [2.45, 2.75) is 25.5 Å². The molecule has 0 unspecified atom stereocenters. The Balaban J connectivity index is 2.74. The number of aryl methyl sites for hydroxylation is 1. The van der Waals surface area contributed by atoms with Crippen LogP contribution in [0.25, 0.3) is 0 Å². The molecule has 0 N–H and O–H groups in total. The van der Waals surface area contributed by atoms with Gasteiger partial charge in [0.15, 0.2) is 9.84 Å². The van der Waals surface area contributed by atoms with Crippen LogP contribution in [0.3, 0.4) is 0 Å². The molecule has 2 nitrogen and oxygen atoms in total. The summed E-state index contributed by atoms with van der Waals surface area (Å²) in [6.45, 7) is 2.13. The number of hydrogen-bond donors (Lipinski definition) is 0. The van der Waals surface area contributed by atoms with Crippen LogP contribution in [0.5, 0.6) is 0 Å². The highest BCUT2D eigenvalue weighted by molar-refractivity contribution is 7.89. The molecule has 0 fully saturated rings. The van der Waals surface area contributed by atoms with Crippen LogP contribution < -0.4 is 0 Å². The van der Waals surface area contributed by atoms with Gasteiger partial charge < -0.3 is 0 Å². The zero-order valence-corrected chi connectivity index (χ0v) is 9.47. The van der Waals surface area contributed by atoms with Gasteiger partial charge in [0, 0.05) is 6.26 Å². The molecule has 0 aliphatic heterocycles. The smallest absolute Gasteiger partial charge is 0.151 e. The fraction of sp³-hybridized carbons (Fsp3) is 0.455. The van der Waals surface area contributed by atoms with Crippen molar-refractivity contribution < 1.29 is 8.42 Å². The molecule has 0 bridgehead atoms. The lowest BCUT2D eigenvalue weighted by molar-refractivity contribution is 0.601. The molecule has 0 aliphatic rings. The Morgan fingerprint density at radius 3 is 2.00 bits per heavy atom. The lowest BCUT2D eigenvalue weighted by Gasteiger charge is -2.01. The Bertz CT molecular complexity index is 376. The molecule has 0 aliphatic carbocycles. The van der Waals surface area contributed by atoms with Crippen molar-refractivity contribution in [1.29, 1.82) is 0 Å². The Kier molecular flexibility index (Phi) is 3.69. The van der Waals surface area contributed by atoms with Crippen LogP contribution in [0.1, 0.15) is 24.5 Å². The maximum Gasteiger partial charge on any atom is 0.151 e. The van der Waals surface area contributed by atoms with Gasteiger partial charge in [0.2, 0.25) is 0 Å². The fourth-order valence-corrected chi connectivity index (χ4v) is 2.19. The second kappa shape index (κ2) is 4.60. The molecule has 0 radical (unpaired) electrons. The molecule has 0 heterocycles. The Hall–Kier alpha value is -0.830. The van der Waals surface area contributed by atoms with Crippen molar-refractivity contribution in [3.8, 4) is 0 Å². The van der Waals surface area contributed by atoms with Crippen molar-refractivity contribution in [1.82, 2.24) is 0 Å². The van der Waals surface area contributed by atoms with Crippen LogP contribution in [0.2, 0.25) is 0 Å². The molecule has 14 heavy (non-hydrogen) atoms. The summed E-state index contributed by atoms with van der Waals surface area (Å²) in [5.74, 6) is 0.138. The summed E-state index contributed by atoms with van der Waals surface area (Å²) in [7, 11) is -2.90. The van der Waals surface area contributed by atoms with E-state index in [1.165, 1.54) is 11.8 Å². The summed E-state index contributed by atoms with van der Waals surface area (Å²) in [6, 6.07) is 7.80. The van der Waals surface area contributed by atoms with E-state index in [0.29, 0.717) is 0 Å². The van der Waals surface area contributed by atoms with Crippen molar-refractivity contribution >= 4 is 9.84 Å². The minimum absolute atomic E-state index is 0.138. The fourth-order valence-electron chi connectivity index (χ4n) is 1.39. The van der Waals surface area contributed by atoms with Gasteiger partial charge in [0.05, 0.1) is 5.75 Å². The molecular weight excluding hydrogens is 196 g/mol. The molecule has 0 spiro atoms. The van der Waals surface area contributed by atoms with Crippen LogP contribution in [-0.2, 0) is 22.0 Å². The molecule has 1 aromatic rings. The van der Waals surface area contributed by atoms with Gasteiger partial charge in [-0.05, 0) is 17.5 Å². The van der Waals surface area contributed by atoms with E-state index in [2.05, 4.69) is 6.92 Å². The van der Waals surface area contributed by atoms with Gasteiger partial charge in [-0.25, -0.2) is 8.42 Å². The molecule has 0 saturated heterocycles. The maximum absolute atomic E-state index is 11.0. The summed E-state index contributed by atoms with van der Waals surface area (Å²) >= 11 is 0. The molecule has 0 saturated carbocycles. The van der Waals surface area contributed by atoms with Crippen LogP contribution in [0.4, 0.5) is 0 Å². The van der Waals surface area contributed by atoms with Gasteiger partial charge in [0.25, 0.3) is 0 Å². The van der Waals surface area contributed by atoms with Gasteiger partial charge in [-0.1, -0.05) is 37.6 Å². The molecule has 1 rings (SSSR count). The zero-order chi connectivity index (χ0) is 10.6. The van der Waals surface area contributed by atoms with Crippen LogP contribution in [0, 0.1) is 0 Å². The first-order valence-electron chi connectivity index (χ1n) is 4.77. The third-order valence-corrected chi connectivity index (χ3v) is 2.85. The van der Waals surface area contributed by atoms with Crippen LogP contribution in [0.15, 0.2) is 24.3 Å². The minimum atomic E-state index is -2.90. The molecule has 0 aromatic heterocycles. The van der Waals surface area contributed by atoms with Gasteiger partial charge in [-0.3, -0.25) is 0 Å². The van der Waals surface area contributed by atoms with E-state index in [4.69, 9.17) is 0 Å². The lowest BCUT2D eigenvalue weighted by atomic mass is 10.1. The van der Waals surface area contributed by atoms with Gasteiger partial charge >= 0.3 is 0 Å². The van der Waals surface area contributed by atoms with E-state index in [0.717, 1.165) is 18.4 Å². The first-order valence-corrected chi connectivity index (χ1v) is 6.83. The quantitative estimate of drug-likeness (QED) is 0.766. The number of benzene rings is 1. The van der Waals surface area contributed by atoms with Crippen molar-refractivity contribution in [2.75, 3.05) is 6.26 Å². The van der Waals surface area contributed by atoms with E-state index >= 15 is 0 Å². The maximum atomic E-state index is 11.0. The second-order valence-corrected chi connectivity index (χ2v) is 5.78. The first kappa shape index (κ1) is 11.2. The predicted octanol–water partition coefficient (Wildman–Crippen LogP) is 2.18. The number of hydrogen-bond acceptors (Lipinski definition) is 2. The van der Waals surface area contributed by atoms with Gasteiger partial charge in [0.1, 0.15) is 0 Å². The Morgan fingerprint density at radius 2 is 1.57 bits per heavy atom. The van der Waals surface area contributed by atoms with E-state index in [-0.39, 0.29) is 5.75 Å². The van der Waals surface area contributed by atoms with E-state index < -0.39 is 9.84 Å². The van der Waals surface area contributed by atoms with Gasteiger partial charge in [-0.15, -0.1) is 0 Å². The molecule has 1 aromatic carbocycles. The standard InChI is InChI=1S/C11H16O2S/c1-3-4-10-5-7-11(8-6-10)9-14(2,12)13/h5-8H,3-4,9H2,1-2H3. The van der Waals surface area contributed by atoms with Crippen molar-refractivity contribution in [3.05, 3.63) is 35.4 Å². The molecule has 0 amide bonds. The second-order valence-electron chi connectivity index (χ2n) is 3.64. The summed E-state index contributed by atoms with van der Waals surface area (Å²) in [4.78, 5) is 0. The molecule has 0 atom stereocenters. The average molecular weight is 212 g/mol. The molecule has 78 valence electrons. The van der Waals surface area contributed by atoms with Gasteiger partial charge in [-0.2, -0.15) is 0 Å². The normalized spacial score (nSPS) is 11.6. The summed E-state index contributed by atoms with van der Waals surface area (Å²) in [6.07, 6.45) is 3.43. The highest BCUT2D eigenvalue weighted by atomic mass is 32.2. The van der Waals surface area contributed by atoms with Crippen molar-refractivity contribution in [2.24, 2.45) is 0 Å². The third-order valence-electron chi connectivity index (χ3n) is 1.99. The topological polar surface area (TPSA) is 34.1 Å². The first-order chi connectivity index (χ1) is 6.51. The monoisotopic (exact) mass is 212 g/mol. The average Bonchev–Trinajstić information content (AvgIpc) is 2.06. The summed E-state index contributed by atoms with van der Waals surface area (Å²) < 4.78 is 22.0. The highest BCUT2D eigenvalue weighted by Crippen LogP contribution is 2.09. The van der Waals surface area contributed by atoms with Crippen LogP contribution >= 0.6 is 0 Å². The van der Waals surface area contributed by atoms with Crippen LogP contribution in [-0.4, -0.2) is 14.7 Å². The summed E-state index contributed by atoms with van der Waals surface area (Å²) in [5.41, 5.74) is 2.14. The highest BCUT2D eigenvalue weighted by Gasteiger charge is 2.03. The third kappa shape index (κ3) is 3.92. The SMILES string of the molecule is CCCc1ccc(CS(C)(=O)=O)cc1. The minimum Gasteiger partial charge on any atom is -0.229 e. The van der Waals surface area contributed by atoms with E-state index in [1.54, 1.807) is 0 Å². The largest absolute Gasteiger partial charge is 0.229 e. The number of sulfone groups is 1. The Morgan fingerprint density at radius 1 is 1.07 bits per heavy atom. The van der Waals surface area contributed by atoms with E-state index in [9.17, 15) is 8.42 Å². The Labute approximate surface area is 85.9 Å². The summed E-state index contributed by atoms with van der Waals surface area (Å²) in [5, 5.41) is 0. The molecular formula is C11H16O2S. The molecule has 3 heteroatoms. The van der Waals surface area contributed by atoms with Crippen molar-refractivity contribution in [3.63, 3.8) is 0 Å². The zero-order valence-electron chi connectivity index (χ0n) is 8.66. The number of rotatable bonds is 4. The predicted molar refractivity (Wildman–Crippen MR) is 59.0 cm³/mol. The van der Waals surface area contributed by atoms with E-state index in [1.807, 2.05) is 24.3 Å².